The molecular weight excluding hydrogens is 260 g/mol. The van der Waals surface area contributed by atoms with Crippen molar-refractivity contribution in [2.45, 2.75) is 0 Å². The van der Waals surface area contributed by atoms with Crippen LogP contribution in [0.1, 0.15) is 5.82 Å². The van der Waals surface area contributed by atoms with E-state index in [1.54, 1.807) is 12.1 Å². The third-order valence-corrected chi connectivity index (χ3v) is 2.76. The average molecular weight is 266 g/mol. The molecule has 2 aromatic heterocycles. The van der Waals surface area contributed by atoms with Crippen LogP contribution in [0.5, 0.6) is 0 Å². The maximum atomic E-state index is 11.0. The van der Waals surface area contributed by atoms with Gasteiger partial charge >= 0.3 is 0 Å². The molecule has 0 saturated heterocycles. The fourth-order valence-electron chi connectivity index (χ4n) is 1.92. The molecule has 8 heteroatoms. The van der Waals surface area contributed by atoms with Crippen molar-refractivity contribution in [2.24, 2.45) is 0 Å². The first-order valence-corrected chi connectivity index (χ1v) is 5.55. The summed E-state index contributed by atoms with van der Waals surface area (Å²) in [5, 5.41) is 24.1. The molecular formula is C12H6N6O2. The van der Waals surface area contributed by atoms with Gasteiger partial charge in [0.1, 0.15) is 17.9 Å². The molecule has 0 N–H and O–H groups in total. The summed E-state index contributed by atoms with van der Waals surface area (Å²) in [6, 6.07) is 7.98. The van der Waals surface area contributed by atoms with Crippen LogP contribution in [0.15, 0.2) is 36.8 Å². The Morgan fingerprint density at radius 1 is 1.30 bits per heavy atom. The number of nitrogens with zero attached hydrogens (tertiary/aromatic N) is 6. The molecule has 0 aliphatic heterocycles. The third kappa shape index (κ3) is 1.74. The van der Waals surface area contributed by atoms with Crippen molar-refractivity contribution in [3.05, 3.63) is 52.7 Å². The third-order valence-electron chi connectivity index (χ3n) is 2.76. The maximum Gasteiger partial charge on any atom is 0.278 e. The molecule has 8 nitrogen and oxygen atoms in total. The summed E-state index contributed by atoms with van der Waals surface area (Å²) < 4.78 is 1.37. The second-order valence-corrected chi connectivity index (χ2v) is 3.89. The van der Waals surface area contributed by atoms with E-state index in [2.05, 4.69) is 15.1 Å². The quantitative estimate of drug-likeness (QED) is 0.514. The minimum Gasteiger partial charge on any atom is -0.258 e. The van der Waals surface area contributed by atoms with Crippen molar-refractivity contribution in [1.29, 1.82) is 5.26 Å². The smallest absolute Gasteiger partial charge is 0.258 e. The van der Waals surface area contributed by atoms with Gasteiger partial charge in [-0.15, -0.1) is 5.10 Å². The highest BCUT2D eigenvalue weighted by molar-refractivity contribution is 5.93. The highest BCUT2D eigenvalue weighted by Gasteiger charge is 2.16. The summed E-state index contributed by atoms with van der Waals surface area (Å²) in [6.07, 6.45) is 2.91. The number of pyridine rings is 1. The molecule has 0 amide bonds. The Bertz CT molecular complexity index is 864. The van der Waals surface area contributed by atoms with E-state index in [0.717, 1.165) is 0 Å². The standard InChI is InChI=1S/C12H6N6O2/c13-6-11-15-7-17(16-11)10-4-3-9(18(19)20)8-2-1-5-14-12(8)10/h1-5,7H. The van der Waals surface area contributed by atoms with Gasteiger partial charge in [0.2, 0.25) is 0 Å². The van der Waals surface area contributed by atoms with Crippen LogP contribution < -0.4 is 0 Å². The van der Waals surface area contributed by atoms with Crippen molar-refractivity contribution in [1.82, 2.24) is 19.7 Å². The van der Waals surface area contributed by atoms with Crippen LogP contribution in [0.2, 0.25) is 0 Å². The summed E-state index contributed by atoms with van der Waals surface area (Å²) in [4.78, 5) is 18.5. The largest absolute Gasteiger partial charge is 0.278 e. The molecule has 20 heavy (non-hydrogen) atoms. The molecule has 0 bridgehead atoms. The fraction of sp³-hybridized carbons (Fsp3) is 0. The van der Waals surface area contributed by atoms with Crippen LogP contribution in [0, 0.1) is 21.4 Å². The Kier molecular flexibility index (Phi) is 2.58. The Morgan fingerprint density at radius 2 is 2.15 bits per heavy atom. The van der Waals surface area contributed by atoms with Crippen LogP contribution in [0.25, 0.3) is 16.6 Å². The van der Waals surface area contributed by atoms with Gasteiger partial charge in [-0.25, -0.2) is 9.67 Å². The number of nitro benzene ring substituents is 1. The van der Waals surface area contributed by atoms with E-state index in [9.17, 15) is 10.1 Å². The van der Waals surface area contributed by atoms with Crippen LogP contribution in [-0.4, -0.2) is 24.7 Å². The molecule has 1 aromatic carbocycles. The summed E-state index contributed by atoms with van der Waals surface area (Å²) in [5.41, 5.74) is 0.925. The van der Waals surface area contributed by atoms with E-state index < -0.39 is 4.92 Å². The molecule has 3 aromatic rings. The van der Waals surface area contributed by atoms with E-state index in [-0.39, 0.29) is 11.5 Å². The second-order valence-electron chi connectivity index (χ2n) is 3.89. The Morgan fingerprint density at radius 3 is 2.85 bits per heavy atom. The van der Waals surface area contributed by atoms with Crippen molar-refractivity contribution < 1.29 is 4.92 Å². The lowest BCUT2D eigenvalue weighted by Crippen LogP contribution is -1.99. The van der Waals surface area contributed by atoms with E-state index in [0.29, 0.717) is 16.6 Å². The number of nitro groups is 1. The van der Waals surface area contributed by atoms with E-state index >= 15 is 0 Å². The summed E-state index contributed by atoms with van der Waals surface area (Å²) in [5.74, 6) is 0.0208. The highest BCUT2D eigenvalue weighted by Crippen LogP contribution is 2.28. The van der Waals surface area contributed by atoms with Gasteiger partial charge in [0.25, 0.3) is 11.5 Å². The number of non-ortho nitro benzene ring substituents is 1. The van der Waals surface area contributed by atoms with Gasteiger partial charge in [0.05, 0.1) is 16.0 Å². The van der Waals surface area contributed by atoms with Gasteiger partial charge < -0.3 is 0 Å². The highest BCUT2D eigenvalue weighted by atomic mass is 16.6. The Balaban J connectivity index is 2.30. The van der Waals surface area contributed by atoms with Gasteiger partial charge in [-0.1, -0.05) is 0 Å². The molecule has 0 saturated carbocycles. The number of rotatable bonds is 2. The SMILES string of the molecule is N#Cc1ncn(-c2ccc([N+](=O)[O-])c3cccnc23)n1. The first-order valence-electron chi connectivity index (χ1n) is 5.55. The summed E-state index contributed by atoms with van der Waals surface area (Å²) in [7, 11) is 0. The number of fused-ring (bicyclic) bond motifs is 1. The first-order chi connectivity index (χ1) is 9.70. The van der Waals surface area contributed by atoms with Gasteiger partial charge in [0.15, 0.2) is 0 Å². The lowest BCUT2D eigenvalue weighted by molar-refractivity contribution is -0.383. The number of hydrogen-bond acceptors (Lipinski definition) is 6. The predicted octanol–water partition coefficient (Wildman–Crippen LogP) is 1.60. The maximum absolute atomic E-state index is 11.0. The van der Waals surface area contributed by atoms with Crippen molar-refractivity contribution >= 4 is 16.6 Å². The molecule has 0 spiro atoms. The van der Waals surface area contributed by atoms with E-state index in [1.807, 2.05) is 6.07 Å². The Hall–Kier alpha value is -3.34. The molecule has 0 fully saturated rings. The zero-order valence-corrected chi connectivity index (χ0v) is 9.96. The number of aromatic nitrogens is 4. The lowest BCUT2D eigenvalue weighted by atomic mass is 10.1. The fourth-order valence-corrected chi connectivity index (χ4v) is 1.92. The second kappa shape index (κ2) is 4.40. The Labute approximate surface area is 112 Å². The number of benzene rings is 1. The minimum atomic E-state index is -0.462. The summed E-state index contributed by atoms with van der Waals surface area (Å²) in [6.45, 7) is 0. The molecule has 0 unspecified atom stereocenters. The normalized spacial score (nSPS) is 10.3. The molecule has 2 heterocycles. The predicted molar refractivity (Wildman–Crippen MR) is 68.0 cm³/mol. The minimum absolute atomic E-state index is 0.0208. The van der Waals surface area contributed by atoms with Gasteiger partial charge in [0, 0.05) is 12.3 Å². The zero-order chi connectivity index (χ0) is 14.1. The molecule has 0 radical (unpaired) electrons. The monoisotopic (exact) mass is 266 g/mol. The lowest BCUT2D eigenvalue weighted by Gasteiger charge is -2.05. The van der Waals surface area contributed by atoms with Crippen LogP contribution in [0.4, 0.5) is 5.69 Å². The van der Waals surface area contributed by atoms with Gasteiger partial charge in [-0.05, 0) is 18.2 Å². The van der Waals surface area contributed by atoms with Crippen LogP contribution >= 0.6 is 0 Å². The van der Waals surface area contributed by atoms with Crippen molar-refractivity contribution in [3.63, 3.8) is 0 Å². The van der Waals surface area contributed by atoms with Crippen molar-refractivity contribution in [2.75, 3.05) is 0 Å². The topological polar surface area (TPSA) is 111 Å². The molecule has 0 atom stereocenters. The van der Waals surface area contributed by atoms with Crippen LogP contribution in [-0.2, 0) is 0 Å². The average Bonchev–Trinajstić information content (AvgIpc) is 2.94. The molecule has 96 valence electrons. The molecule has 3 rings (SSSR count). The van der Waals surface area contributed by atoms with Gasteiger partial charge in [-0.2, -0.15) is 5.26 Å². The van der Waals surface area contributed by atoms with Crippen molar-refractivity contribution in [3.8, 4) is 11.8 Å². The van der Waals surface area contributed by atoms with E-state index in [1.165, 1.54) is 29.3 Å². The number of hydrogen-bond donors (Lipinski definition) is 0. The zero-order valence-electron chi connectivity index (χ0n) is 9.96. The van der Waals surface area contributed by atoms with E-state index in [4.69, 9.17) is 5.26 Å². The first kappa shape index (κ1) is 11.7. The molecule has 0 aliphatic rings. The number of nitriles is 1. The summed E-state index contributed by atoms with van der Waals surface area (Å²) >= 11 is 0. The van der Waals surface area contributed by atoms with Gasteiger partial charge in [-0.3, -0.25) is 15.1 Å². The molecule has 0 aliphatic carbocycles. The van der Waals surface area contributed by atoms with Crippen LogP contribution in [0.3, 0.4) is 0 Å².